The summed E-state index contributed by atoms with van der Waals surface area (Å²) in [5.74, 6) is 1.26. The minimum absolute atomic E-state index is 0.146. The molecule has 9 nitrogen and oxygen atoms in total. The molecule has 0 unspecified atom stereocenters. The number of hydrogen-bond donors (Lipinski definition) is 1. The number of nitrogens with zero attached hydrogens (tertiary/aromatic N) is 3. The van der Waals surface area contributed by atoms with Gasteiger partial charge in [0.25, 0.3) is 5.91 Å². The topological polar surface area (TPSA) is 107 Å². The predicted octanol–water partition coefficient (Wildman–Crippen LogP) is 3.75. The minimum Gasteiger partial charge on any atom is -0.497 e. The molecule has 9 heteroatoms. The molecule has 1 aliphatic rings. The number of ether oxygens (including phenoxy) is 2. The maximum absolute atomic E-state index is 13.9. The molecule has 0 spiro atoms. The summed E-state index contributed by atoms with van der Waals surface area (Å²) in [7, 11) is 3.12. The number of methoxy groups -OCH3 is 2. The summed E-state index contributed by atoms with van der Waals surface area (Å²) in [6, 6.07) is 22.7. The lowest BCUT2D eigenvalue weighted by atomic mass is 9.82. The molecular weight excluding hydrogens is 448 g/mol. The number of benzene rings is 3. The summed E-state index contributed by atoms with van der Waals surface area (Å²) in [5.41, 5.74) is 0.465. The summed E-state index contributed by atoms with van der Waals surface area (Å²) in [6.45, 7) is -0.168. The molecule has 1 aliphatic heterocycles. The van der Waals surface area contributed by atoms with Gasteiger partial charge in [-0.3, -0.25) is 9.69 Å². The van der Waals surface area contributed by atoms with Crippen molar-refractivity contribution < 1.29 is 23.5 Å². The van der Waals surface area contributed by atoms with Crippen molar-refractivity contribution in [2.24, 2.45) is 0 Å². The van der Waals surface area contributed by atoms with E-state index in [1.165, 1.54) is 0 Å². The molecule has 3 amide bonds. The Balaban J connectivity index is 1.51. The molecule has 0 bridgehead atoms. The van der Waals surface area contributed by atoms with Gasteiger partial charge in [0, 0.05) is 5.56 Å². The zero-order valence-corrected chi connectivity index (χ0v) is 19.1. The highest BCUT2D eigenvalue weighted by Gasteiger charge is 2.54. The molecule has 35 heavy (non-hydrogen) atoms. The largest absolute Gasteiger partial charge is 0.497 e. The average molecular weight is 470 g/mol. The minimum atomic E-state index is -1.45. The lowest BCUT2D eigenvalue weighted by Crippen LogP contribution is -2.45. The maximum Gasteiger partial charge on any atom is 0.326 e. The standard InChI is InChI=1S/C26H22N4O5/c1-33-20-12-8-18(9-13-20)26(19-10-14-21(34-2)15-11-19)24(31)30(25(32)27-26)16-22-28-29-23(35-22)17-6-4-3-5-7-17/h3-15H,16H2,1-2H3,(H,27,32). The summed E-state index contributed by atoms with van der Waals surface area (Å²) >= 11 is 0. The summed E-state index contributed by atoms with van der Waals surface area (Å²) in [5, 5.41) is 11.0. The molecule has 0 radical (unpaired) electrons. The van der Waals surface area contributed by atoms with E-state index in [0.717, 1.165) is 10.5 Å². The number of carbonyl (C=O) groups excluding carboxylic acids is 2. The maximum atomic E-state index is 13.9. The van der Waals surface area contributed by atoms with Gasteiger partial charge in [-0.05, 0) is 47.5 Å². The van der Waals surface area contributed by atoms with Crippen LogP contribution < -0.4 is 14.8 Å². The summed E-state index contributed by atoms with van der Waals surface area (Å²) in [4.78, 5) is 28.1. The third-order valence-corrected chi connectivity index (χ3v) is 5.93. The normalized spacial score (nSPS) is 14.6. The fourth-order valence-electron chi connectivity index (χ4n) is 4.11. The molecule has 1 aromatic heterocycles. The molecule has 1 saturated heterocycles. The van der Waals surface area contributed by atoms with Crippen molar-refractivity contribution in [1.82, 2.24) is 20.4 Å². The van der Waals surface area contributed by atoms with Crippen LogP contribution in [0.2, 0.25) is 0 Å². The zero-order chi connectivity index (χ0) is 24.4. The molecule has 5 rings (SSSR count). The molecular formula is C26H22N4O5. The van der Waals surface area contributed by atoms with E-state index in [1.807, 2.05) is 30.3 Å². The molecule has 4 aromatic rings. The van der Waals surface area contributed by atoms with Crippen molar-refractivity contribution in [3.63, 3.8) is 0 Å². The van der Waals surface area contributed by atoms with E-state index >= 15 is 0 Å². The number of hydrogen-bond acceptors (Lipinski definition) is 7. The van der Waals surface area contributed by atoms with Crippen molar-refractivity contribution in [3.05, 3.63) is 95.9 Å². The SMILES string of the molecule is COc1ccc(C2(c3ccc(OC)cc3)NC(=O)N(Cc3nnc(-c4ccccc4)o3)C2=O)cc1. The summed E-state index contributed by atoms with van der Waals surface area (Å²) in [6.07, 6.45) is 0. The number of urea groups is 1. The van der Waals surface area contributed by atoms with Gasteiger partial charge < -0.3 is 19.2 Å². The van der Waals surface area contributed by atoms with Crippen LogP contribution in [0.25, 0.3) is 11.5 Å². The van der Waals surface area contributed by atoms with Gasteiger partial charge in [-0.2, -0.15) is 0 Å². The molecule has 3 aromatic carbocycles. The van der Waals surface area contributed by atoms with E-state index in [-0.39, 0.29) is 12.4 Å². The zero-order valence-electron chi connectivity index (χ0n) is 19.1. The fourth-order valence-corrected chi connectivity index (χ4v) is 4.11. The van der Waals surface area contributed by atoms with Gasteiger partial charge in [-0.15, -0.1) is 10.2 Å². The third-order valence-electron chi connectivity index (χ3n) is 5.93. The highest BCUT2D eigenvalue weighted by molar-refractivity contribution is 6.09. The first-order chi connectivity index (χ1) is 17.0. The van der Waals surface area contributed by atoms with E-state index in [1.54, 1.807) is 62.8 Å². The van der Waals surface area contributed by atoms with Gasteiger partial charge in [-0.1, -0.05) is 42.5 Å². The smallest absolute Gasteiger partial charge is 0.326 e. The molecule has 2 heterocycles. The van der Waals surface area contributed by atoms with Crippen LogP contribution in [-0.2, 0) is 16.9 Å². The Morgan fingerprint density at radius 3 is 1.94 bits per heavy atom. The second-order valence-corrected chi connectivity index (χ2v) is 7.90. The van der Waals surface area contributed by atoms with E-state index in [0.29, 0.717) is 28.5 Å². The van der Waals surface area contributed by atoms with Gasteiger partial charge in [0.2, 0.25) is 11.8 Å². The van der Waals surface area contributed by atoms with Crippen LogP contribution in [0.1, 0.15) is 17.0 Å². The first-order valence-corrected chi connectivity index (χ1v) is 10.9. The van der Waals surface area contributed by atoms with Crippen LogP contribution in [0.5, 0.6) is 11.5 Å². The second kappa shape index (κ2) is 8.94. The van der Waals surface area contributed by atoms with Crippen LogP contribution in [0.15, 0.2) is 83.3 Å². The number of rotatable bonds is 7. The molecule has 176 valence electrons. The van der Waals surface area contributed by atoms with Gasteiger partial charge in [-0.25, -0.2) is 4.79 Å². The van der Waals surface area contributed by atoms with E-state index in [4.69, 9.17) is 13.9 Å². The summed E-state index contributed by atoms with van der Waals surface area (Å²) < 4.78 is 16.3. The van der Waals surface area contributed by atoms with Crippen molar-refractivity contribution in [2.75, 3.05) is 14.2 Å². The second-order valence-electron chi connectivity index (χ2n) is 7.90. The van der Waals surface area contributed by atoms with Crippen molar-refractivity contribution in [2.45, 2.75) is 12.1 Å². The first kappa shape index (κ1) is 22.1. The highest BCUT2D eigenvalue weighted by Crippen LogP contribution is 2.38. The number of nitrogens with one attached hydrogen (secondary N) is 1. The van der Waals surface area contributed by atoms with E-state index < -0.39 is 17.5 Å². The monoisotopic (exact) mass is 470 g/mol. The number of imide groups is 1. The number of aromatic nitrogens is 2. The molecule has 0 atom stereocenters. The number of amides is 3. The van der Waals surface area contributed by atoms with Gasteiger partial charge in [0.15, 0.2) is 5.54 Å². The Bertz CT molecular complexity index is 1300. The fraction of sp³-hybridized carbons (Fsp3) is 0.154. The third kappa shape index (κ3) is 3.86. The van der Waals surface area contributed by atoms with Crippen molar-refractivity contribution in [1.29, 1.82) is 0 Å². The van der Waals surface area contributed by atoms with Gasteiger partial charge in [0.05, 0.1) is 14.2 Å². The Kier molecular flexibility index (Phi) is 5.66. The Morgan fingerprint density at radius 1 is 0.829 bits per heavy atom. The first-order valence-electron chi connectivity index (χ1n) is 10.9. The lowest BCUT2D eigenvalue weighted by Gasteiger charge is -2.28. The number of carbonyl (C=O) groups is 2. The van der Waals surface area contributed by atoms with E-state index in [9.17, 15) is 9.59 Å². The molecule has 1 N–H and O–H groups in total. The van der Waals surface area contributed by atoms with Crippen LogP contribution >= 0.6 is 0 Å². The van der Waals surface area contributed by atoms with Crippen LogP contribution in [-0.4, -0.2) is 41.3 Å². The Hall–Kier alpha value is -4.66. The average Bonchev–Trinajstić information content (AvgIpc) is 3.48. The predicted molar refractivity (Wildman–Crippen MR) is 126 cm³/mol. The molecule has 0 saturated carbocycles. The van der Waals surface area contributed by atoms with E-state index in [2.05, 4.69) is 15.5 Å². The van der Waals surface area contributed by atoms with Crippen LogP contribution in [0.4, 0.5) is 4.79 Å². The van der Waals surface area contributed by atoms with Gasteiger partial charge >= 0.3 is 6.03 Å². The van der Waals surface area contributed by atoms with Crippen LogP contribution in [0.3, 0.4) is 0 Å². The quantitative estimate of drug-likeness (QED) is 0.410. The molecule has 1 fully saturated rings. The van der Waals surface area contributed by atoms with Crippen molar-refractivity contribution >= 4 is 11.9 Å². The highest BCUT2D eigenvalue weighted by atomic mass is 16.5. The van der Waals surface area contributed by atoms with Crippen molar-refractivity contribution in [3.8, 4) is 23.0 Å². The molecule has 0 aliphatic carbocycles. The van der Waals surface area contributed by atoms with Gasteiger partial charge in [0.1, 0.15) is 18.0 Å². The lowest BCUT2D eigenvalue weighted by molar-refractivity contribution is -0.130. The van der Waals surface area contributed by atoms with Crippen LogP contribution in [0, 0.1) is 0 Å². The Morgan fingerprint density at radius 2 is 1.40 bits per heavy atom. The Labute approximate surface area is 201 Å².